The average molecular weight is 234 g/mol. The molecule has 0 saturated carbocycles. The van der Waals surface area contributed by atoms with Gasteiger partial charge in [-0.2, -0.15) is 0 Å². The molecule has 0 unspecified atom stereocenters. The summed E-state index contributed by atoms with van der Waals surface area (Å²) in [5, 5.41) is 5.94. The first-order chi connectivity index (χ1) is 8.26. The number of hydrogen-bond donors (Lipinski definition) is 2. The first-order valence-electron chi connectivity index (χ1n) is 6.35. The Labute approximate surface area is 104 Å². The molecule has 0 atom stereocenters. The van der Waals surface area contributed by atoms with Crippen LogP contribution in [0.5, 0.6) is 0 Å². The molecule has 0 aliphatic rings. The second kappa shape index (κ2) is 7.71. The highest BCUT2D eigenvalue weighted by atomic mass is 16.1. The van der Waals surface area contributed by atoms with Gasteiger partial charge in [0.25, 0.3) is 0 Å². The number of anilines is 1. The summed E-state index contributed by atoms with van der Waals surface area (Å²) in [4.78, 5) is 11.4. The highest BCUT2D eigenvalue weighted by Crippen LogP contribution is 2.10. The minimum Gasteiger partial charge on any atom is -0.376 e. The summed E-state index contributed by atoms with van der Waals surface area (Å²) < 4.78 is 0. The van der Waals surface area contributed by atoms with E-state index in [4.69, 9.17) is 0 Å². The molecule has 0 spiro atoms. The normalized spacial score (nSPS) is 10.0. The number of carbonyl (C=O) groups is 1. The first-order valence-corrected chi connectivity index (χ1v) is 6.35. The number of carbonyl (C=O) groups excluding carboxylic acids is 1. The maximum absolute atomic E-state index is 11.4. The van der Waals surface area contributed by atoms with Crippen molar-refractivity contribution in [2.24, 2.45) is 0 Å². The molecule has 0 aromatic heterocycles. The van der Waals surface area contributed by atoms with Crippen LogP contribution in [0.4, 0.5) is 5.69 Å². The first kappa shape index (κ1) is 13.6. The van der Waals surface area contributed by atoms with Gasteiger partial charge in [0.2, 0.25) is 5.91 Å². The second-order valence-electron chi connectivity index (χ2n) is 4.15. The Kier molecular flexibility index (Phi) is 6.15. The lowest BCUT2D eigenvalue weighted by atomic mass is 10.1. The van der Waals surface area contributed by atoms with Crippen LogP contribution >= 0.6 is 0 Å². The number of benzene rings is 1. The van der Waals surface area contributed by atoms with E-state index in [1.165, 1.54) is 5.56 Å². The molecule has 3 nitrogen and oxygen atoms in total. The summed E-state index contributed by atoms with van der Waals surface area (Å²) in [7, 11) is 0. The number of hydrogen-bond acceptors (Lipinski definition) is 2. The molecule has 0 aliphatic heterocycles. The SMILES string of the molecule is CCCNC(=O)CNc1ccc(CCC)cc1. The Morgan fingerprint density at radius 1 is 1.12 bits per heavy atom. The van der Waals surface area contributed by atoms with Crippen molar-refractivity contribution in [1.29, 1.82) is 0 Å². The monoisotopic (exact) mass is 234 g/mol. The van der Waals surface area contributed by atoms with Gasteiger partial charge in [-0.25, -0.2) is 0 Å². The van der Waals surface area contributed by atoms with E-state index in [1.807, 2.05) is 19.1 Å². The fourth-order valence-corrected chi connectivity index (χ4v) is 1.59. The Balaban J connectivity index is 2.34. The van der Waals surface area contributed by atoms with E-state index in [9.17, 15) is 4.79 Å². The van der Waals surface area contributed by atoms with Gasteiger partial charge in [0.1, 0.15) is 0 Å². The molecule has 1 aromatic carbocycles. The van der Waals surface area contributed by atoms with Gasteiger partial charge in [0, 0.05) is 12.2 Å². The minimum atomic E-state index is 0.0458. The van der Waals surface area contributed by atoms with Crippen molar-refractivity contribution in [2.45, 2.75) is 33.1 Å². The molecule has 1 rings (SSSR count). The molecule has 3 heteroatoms. The molecule has 2 N–H and O–H groups in total. The molecular weight excluding hydrogens is 212 g/mol. The average Bonchev–Trinajstić information content (AvgIpc) is 2.36. The van der Waals surface area contributed by atoms with Crippen LogP contribution in [0.3, 0.4) is 0 Å². The largest absolute Gasteiger partial charge is 0.376 e. The van der Waals surface area contributed by atoms with Gasteiger partial charge < -0.3 is 10.6 Å². The smallest absolute Gasteiger partial charge is 0.239 e. The molecule has 0 aliphatic carbocycles. The standard InChI is InChI=1S/C14H22N2O/c1-3-5-12-6-8-13(9-7-12)16-11-14(17)15-10-4-2/h6-9,16H,3-5,10-11H2,1-2H3,(H,15,17). The lowest BCUT2D eigenvalue weighted by molar-refractivity contribution is -0.119. The van der Waals surface area contributed by atoms with E-state index in [0.717, 1.165) is 31.5 Å². The summed E-state index contributed by atoms with van der Waals surface area (Å²) in [6.07, 6.45) is 3.24. The summed E-state index contributed by atoms with van der Waals surface area (Å²) in [6, 6.07) is 8.27. The van der Waals surface area contributed by atoms with E-state index in [-0.39, 0.29) is 5.91 Å². The van der Waals surface area contributed by atoms with Crippen LogP contribution in [0.25, 0.3) is 0 Å². The zero-order chi connectivity index (χ0) is 12.5. The van der Waals surface area contributed by atoms with Crippen LogP contribution in [0.2, 0.25) is 0 Å². The lowest BCUT2D eigenvalue weighted by Gasteiger charge is -2.07. The summed E-state index contributed by atoms with van der Waals surface area (Å²) in [5.74, 6) is 0.0458. The Morgan fingerprint density at radius 3 is 2.41 bits per heavy atom. The number of amides is 1. The fourth-order valence-electron chi connectivity index (χ4n) is 1.59. The molecule has 94 valence electrons. The van der Waals surface area contributed by atoms with Crippen LogP contribution < -0.4 is 10.6 Å². The van der Waals surface area contributed by atoms with Gasteiger partial charge >= 0.3 is 0 Å². The second-order valence-corrected chi connectivity index (χ2v) is 4.15. The Hall–Kier alpha value is -1.51. The van der Waals surface area contributed by atoms with Crippen molar-refractivity contribution >= 4 is 11.6 Å². The predicted octanol–water partition coefficient (Wildman–Crippen LogP) is 2.58. The van der Waals surface area contributed by atoms with Crippen molar-refractivity contribution in [1.82, 2.24) is 5.32 Å². The van der Waals surface area contributed by atoms with Gasteiger partial charge in [-0.05, 0) is 30.5 Å². The third-order valence-electron chi connectivity index (χ3n) is 2.52. The van der Waals surface area contributed by atoms with Crippen molar-refractivity contribution in [3.63, 3.8) is 0 Å². The summed E-state index contributed by atoms with van der Waals surface area (Å²) in [5.41, 5.74) is 2.34. The fraction of sp³-hybridized carbons (Fsp3) is 0.500. The number of aryl methyl sites for hydroxylation is 1. The van der Waals surface area contributed by atoms with Gasteiger partial charge in [0.15, 0.2) is 0 Å². The molecular formula is C14H22N2O. The van der Waals surface area contributed by atoms with E-state index in [1.54, 1.807) is 0 Å². The summed E-state index contributed by atoms with van der Waals surface area (Å²) in [6.45, 7) is 5.30. The minimum absolute atomic E-state index is 0.0458. The van der Waals surface area contributed by atoms with Crippen LogP contribution in [0.15, 0.2) is 24.3 Å². The Morgan fingerprint density at radius 2 is 1.82 bits per heavy atom. The van der Waals surface area contributed by atoms with Crippen LogP contribution in [-0.4, -0.2) is 19.0 Å². The van der Waals surface area contributed by atoms with Gasteiger partial charge in [-0.3, -0.25) is 4.79 Å². The molecule has 1 aromatic rings. The number of nitrogens with one attached hydrogen (secondary N) is 2. The molecule has 0 bridgehead atoms. The van der Waals surface area contributed by atoms with Crippen LogP contribution in [-0.2, 0) is 11.2 Å². The predicted molar refractivity (Wildman–Crippen MR) is 72.2 cm³/mol. The van der Waals surface area contributed by atoms with Gasteiger partial charge in [-0.1, -0.05) is 32.4 Å². The third-order valence-corrected chi connectivity index (χ3v) is 2.52. The molecule has 1 amide bonds. The number of rotatable bonds is 7. The zero-order valence-corrected chi connectivity index (χ0v) is 10.8. The van der Waals surface area contributed by atoms with Gasteiger partial charge in [-0.15, -0.1) is 0 Å². The van der Waals surface area contributed by atoms with Gasteiger partial charge in [0.05, 0.1) is 6.54 Å². The highest BCUT2D eigenvalue weighted by Gasteiger charge is 1.99. The van der Waals surface area contributed by atoms with Crippen molar-refractivity contribution in [2.75, 3.05) is 18.4 Å². The highest BCUT2D eigenvalue weighted by molar-refractivity contribution is 5.80. The van der Waals surface area contributed by atoms with E-state index in [0.29, 0.717) is 6.54 Å². The zero-order valence-electron chi connectivity index (χ0n) is 10.8. The third kappa shape index (κ3) is 5.38. The van der Waals surface area contributed by atoms with E-state index in [2.05, 4.69) is 29.7 Å². The quantitative estimate of drug-likeness (QED) is 0.761. The molecule has 0 fully saturated rings. The maximum Gasteiger partial charge on any atom is 0.239 e. The van der Waals surface area contributed by atoms with E-state index < -0.39 is 0 Å². The molecule has 0 radical (unpaired) electrons. The molecule has 0 saturated heterocycles. The van der Waals surface area contributed by atoms with Crippen molar-refractivity contribution in [3.05, 3.63) is 29.8 Å². The molecule has 17 heavy (non-hydrogen) atoms. The maximum atomic E-state index is 11.4. The van der Waals surface area contributed by atoms with Crippen LogP contribution in [0, 0.1) is 0 Å². The summed E-state index contributed by atoms with van der Waals surface area (Å²) >= 11 is 0. The Bertz CT molecular complexity index is 333. The van der Waals surface area contributed by atoms with Crippen molar-refractivity contribution < 1.29 is 4.79 Å². The lowest BCUT2D eigenvalue weighted by Crippen LogP contribution is -2.30. The van der Waals surface area contributed by atoms with Crippen LogP contribution in [0.1, 0.15) is 32.3 Å². The van der Waals surface area contributed by atoms with Crippen molar-refractivity contribution in [3.8, 4) is 0 Å². The molecule has 0 heterocycles. The topological polar surface area (TPSA) is 41.1 Å². The van der Waals surface area contributed by atoms with E-state index >= 15 is 0 Å².